The largest absolute Gasteiger partial charge is 0.416 e. The predicted octanol–water partition coefficient (Wildman–Crippen LogP) is 5.65. The van der Waals surface area contributed by atoms with Crippen LogP contribution in [0.1, 0.15) is 44.7 Å². The number of amides is 1. The number of anilines is 1. The smallest absolute Gasteiger partial charge is 0.357 e. The topological polar surface area (TPSA) is 35.6 Å². The van der Waals surface area contributed by atoms with E-state index in [0.717, 1.165) is 28.4 Å². The zero-order chi connectivity index (χ0) is 23.8. The number of nitrogens with zero attached hydrogens (tertiary/aromatic N) is 2. The molecule has 1 saturated carbocycles. The molecule has 0 radical (unpaired) electrons. The third kappa shape index (κ3) is 3.55. The molecule has 1 spiro atoms. The lowest BCUT2D eigenvalue weighted by Crippen LogP contribution is -2.61. The second-order valence-electron chi connectivity index (χ2n) is 9.70. The molecule has 33 heavy (non-hydrogen) atoms. The van der Waals surface area contributed by atoms with Gasteiger partial charge in [0.2, 0.25) is 5.91 Å². The summed E-state index contributed by atoms with van der Waals surface area (Å²) >= 11 is 8.00. The highest BCUT2D eigenvalue weighted by Crippen LogP contribution is 2.60. The number of benzene rings is 1. The maximum Gasteiger partial charge on any atom is 0.416 e. The number of alkyl halides is 3. The van der Waals surface area contributed by atoms with Crippen LogP contribution in [0.5, 0.6) is 0 Å². The van der Waals surface area contributed by atoms with Crippen LogP contribution >= 0.6 is 23.4 Å². The molecule has 4 unspecified atom stereocenters. The number of hydrogen-bond donors (Lipinski definition) is 1. The average molecular weight is 498 g/mol. The Hall–Kier alpha value is -1.80. The Morgan fingerprint density at radius 1 is 1.33 bits per heavy atom. The maximum absolute atomic E-state index is 13.6. The van der Waals surface area contributed by atoms with Gasteiger partial charge in [0.05, 0.1) is 14.8 Å². The molecule has 2 fully saturated rings. The minimum absolute atomic E-state index is 0.0449. The number of nitrogens with one attached hydrogen (secondary N) is 1. The monoisotopic (exact) mass is 497 g/mol. The fraction of sp³-hybridized carbons (Fsp3) is 0.542. The van der Waals surface area contributed by atoms with E-state index < -0.39 is 17.2 Å². The molecule has 4 aliphatic heterocycles. The van der Waals surface area contributed by atoms with Crippen LogP contribution in [0.4, 0.5) is 18.9 Å². The summed E-state index contributed by atoms with van der Waals surface area (Å²) in [7, 11) is 0. The number of thioether (sulfide) groups is 1. The molecule has 1 amide bonds. The van der Waals surface area contributed by atoms with E-state index in [4.69, 9.17) is 11.6 Å². The maximum atomic E-state index is 13.6. The van der Waals surface area contributed by atoms with Crippen LogP contribution in [0.2, 0.25) is 0 Å². The third-order valence-corrected chi connectivity index (χ3v) is 9.58. The van der Waals surface area contributed by atoms with Crippen molar-refractivity contribution in [3.05, 3.63) is 51.7 Å². The van der Waals surface area contributed by atoms with Gasteiger partial charge < -0.3 is 15.1 Å². The average Bonchev–Trinajstić information content (AvgIpc) is 3.33. The second kappa shape index (κ2) is 7.60. The standard InChI is InChI=1S/C24H27ClF3N3OS/c1-4-21(29-23-11-16(14(23)2)9-20(25)33-23)31-13-22(7-8-30(12-22)15(3)32)18-10-17(24(26,27)28)5-6-19(18)31/h4-6,9-10,14,16,29H,7-8,11-13H2,1-3H3. The minimum atomic E-state index is -4.42. The normalized spacial score (nSPS) is 33.2. The Labute approximate surface area is 201 Å². The minimum Gasteiger partial charge on any atom is -0.357 e. The fourth-order valence-electron chi connectivity index (χ4n) is 5.87. The van der Waals surface area contributed by atoms with Crippen molar-refractivity contribution < 1.29 is 18.0 Å². The molecular weight excluding hydrogens is 471 g/mol. The van der Waals surface area contributed by atoms with Gasteiger partial charge in [-0.25, -0.2) is 0 Å². The van der Waals surface area contributed by atoms with Crippen molar-refractivity contribution in [1.29, 1.82) is 0 Å². The molecule has 4 heterocycles. The number of halogens is 4. The summed E-state index contributed by atoms with van der Waals surface area (Å²) in [4.78, 5) is 15.7. The van der Waals surface area contributed by atoms with Crippen LogP contribution in [-0.2, 0) is 16.4 Å². The molecule has 5 aliphatic rings. The second-order valence-corrected chi connectivity index (χ2v) is 11.7. The number of hydrogen-bond acceptors (Lipinski definition) is 4. The van der Waals surface area contributed by atoms with Crippen LogP contribution < -0.4 is 10.2 Å². The Morgan fingerprint density at radius 2 is 2.09 bits per heavy atom. The molecule has 4 atom stereocenters. The summed E-state index contributed by atoms with van der Waals surface area (Å²) in [5, 5.41) is 3.72. The van der Waals surface area contributed by atoms with E-state index >= 15 is 0 Å². The van der Waals surface area contributed by atoms with Gasteiger partial charge in [0.1, 0.15) is 5.82 Å². The van der Waals surface area contributed by atoms with E-state index in [0.29, 0.717) is 43.5 Å². The van der Waals surface area contributed by atoms with Crippen LogP contribution in [-0.4, -0.2) is 35.3 Å². The molecule has 1 aromatic carbocycles. The van der Waals surface area contributed by atoms with E-state index in [-0.39, 0.29) is 10.8 Å². The van der Waals surface area contributed by atoms with Gasteiger partial charge in [0.15, 0.2) is 0 Å². The molecule has 9 heteroatoms. The van der Waals surface area contributed by atoms with Gasteiger partial charge in [-0.3, -0.25) is 4.79 Å². The Kier molecular flexibility index (Phi) is 5.29. The molecule has 1 aliphatic carbocycles. The summed E-state index contributed by atoms with van der Waals surface area (Å²) in [5.74, 6) is 1.66. The first-order chi connectivity index (χ1) is 15.5. The number of rotatable bonds is 3. The lowest BCUT2D eigenvalue weighted by molar-refractivity contribution is -0.137. The van der Waals surface area contributed by atoms with E-state index in [1.54, 1.807) is 22.7 Å². The van der Waals surface area contributed by atoms with Crippen molar-refractivity contribution >= 4 is 35.0 Å². The van der Waals surface area contributed by atoms with Crippen molar-refractivity contribution in [2.45, 2.75) is 50.1 Å². The predicted molar refractivity (Wildman–Crippen MR) is 126 cm³/mol. The zero-order valence-corrected chi connectivity index (χ0v) is 20.4. The molecule has 1 saturated heterocycles. The SMILES string of the molecule is CC=C(NC12CC(C=C(Cl)S1)C2C)N1CC2(CCN(C(C)=O)C2)c2cc(C(F)(F)F)ccc21. The van der Waals surface area contributed by atoms with Gasteiger partial charge >= 0.3 is 6.18 Å². The van der Waals surface area contributed by atoms with Gasteiger partial charge in [-0.15, -0.1) is 0 Å². The first kappa shape index (κ1) is 23.0. The summed E-state index contributed by atoms with van der Waals surface area (Å²) in [6.45, 7) is 7.17. The van der Waals surface area contributed by atoms with Gasteiger partial charge in [-0.1, -0.05) is 36.4 Å². The number of allylic oxidation sites excluding steroid dienone is 2. The Bertz CT molecular complexity index is 1070. The molecule has 178 valence electrons. The van der Waals surface area contributed by atoms with E-state index in [9.17, 15) is 18.0 Å². The highest BCUT2D eigenvalue weighted by Gasteiger charge is 2.56. The van der Waals surface area contributed by atoms with Crippen molar-refractivity contribution in [3.63, 3.8) is 0 Å². The summed E-state index contributed by atoms with van der Waals surface area (Å²) in [6, 6.07) is 4.03. The quantitative estimate of drug-likeness (QED) is 0.585. The van der Waals surface area contributed by atoms with Crippen LogP contribution in [0, 0.1) is 11.8 Å². The first-order valence-electron chi connectivity index (χ1n) is 11.2. The molecule has 0 aromatic heterocycles. The lowest BCUT2D eigenvalue weighted by atomic mass is 9.69. The van der Waals surface area contributed by atoms with Crippen LogP contribution in [0.3, 0.4) is 0 Å². The summed E-state index contributed by atoms with van der Waals surface area (Å²) < 4.78 is 41.5. The van der Waals surface area contributed by atoms with Crippen molar-refractivity contribution in [2.24, 2.45) is 11.8 Å². The highest BCUT2D eigenvalue weighted by atomic mass is 35.5. The van der Waals surface area contributed by atoms with Crippen molar-refractivity contribution in [2.75, 3.05) is 24.5 Å². The molecule has 4 nitrogen and oxygen atoms in total. The first-order valence-corrected chi connectivity index (χ1v) is 12.4. The van der Waals surface area contributed by atoms with Crippen molar-refractivity contribution in [1.82, 2.24) is 10.2 Å². The van der Waals surface area contributed by atoms with E-state index in [1.807, 2.05) is 13.0 Å². The fourth-order valence-corrected chi connectivity index (χ4v) is 7.82. The van der Waals surface area contributed by atoms with E-state index in [1.165, 1.54) is 13.0 Å². The van der Waals surface area contributed by atoms with E-state index in [2.05, 4.69) is 23.2 Å². The van der Waals surface area contributed by atoms with Gasteiger partial charge in [0, 0.05) is 37.7 Å². The highest BCUT2D eigenvalue weighted by molar-refractivity contribution is 8.06. The molecule has 6 rings (SSSR count). The molecule has 1 N–H and O–H groups in total. The zero-order valence-electron chi connectivity index (χ0n) is 18.8. The number of carbonyl (C=O) groups excluding carboxylic acids is 1. The van der Waals surface area contributed by atoms with Crippen LogP contribution in [0.25, 0.3) is 0 Å². The van der Waals surface area contributed by atoms with Crippen molar-refractivity contribution in [3.8, 4) is 0 Å². The van der Waals surface area contributed by atoms with Gasteiger partial charge in [-0.2, -0.15) is 13.2 Å². The summed E-state index contributed by atoms with van der Waals surface area (Å²) in [5.41, 5.74) is 0.276. The Morgan fingerprint density at radius 3 is 2.70 bits per heavy atom. The van der Waals surface area contributed by atoms with Crippen LogP contribution in [0.15, 0.2) is 40.5 Å². The Balaban J connectivity index is 1.52. The molecule has 2 bridgehead atoms. The number of likely N-dealkylation sites (tertiary alicyclic amines) is 1. The third-order valence-electron chi connectivity index (χ3n) is 7.89. The number of fused-ring (bicyclic) bond motifs is 3. The van der Waals surface area contributed by atoms with Gasteiger partial charge in [0.25, 0.3) is 0 Å². The molecule has 1 aromatic rings. The molecular formula is C24H27ClF3N3OS. The van der Waals surface area contributed by atoms with Gasteiger partial charge in [-0.05, 0) is 61.4 Å². The summed E-state index contributed by atoms with van der Waals surface area (Å²) in [6.07, 6.45) is 1.29. The number of carbonyl (C=O) groups is 1. The lowest BCUT2D eigenvalue weighted by Gasteiger charge is -2.56.